The number of ether oxygens (including phenoxy) is 1. The van der Waals surface area contributed by atoms with E-state index in [2.05, 4.69) is 9.97 Å². The predicted octanol–water partition coefficient (Wildman–Crippen LogP) is 1.69. The van der Waals surface area contributed by atoms with Gasteiger partial charge < -0.3 is 9.84 Å². The van der Waals surface area contributed by atoms with Gasteiger partial charge in [0.2, 0.25) is 5.88 Å². The van der Waals surface area contributed by atoms with Crippen molar-refractivity contribution in [1.82, 2.24) is 9.97 Å². The number of aliphatic hydroxyl groups is 1. The summed E-state index contributed by atoms with van der Waals surface area (Å²) in [6, 6.07) is 5.58. The van der Waals surface area contributed by atoms with Gasteiger partial charge in [0.25, 0.3) is 0 Å². The Hall–Kier alpha value is -1.68. The molecule has 2 aromatic rings. The lowest BCUT2D eigenvalue weighted by Gasteiger charge is -2.09. The van der Waals surface area contributed by atoms with E-state index in [9.17, 15) is 5.11 Å². The second-order valence-electron chi connectivity index (χ2n) is 3.30. The standard InChI is InChI=1S/C11H12N2O2/c1-7(14)8-4-3-5-9-10(8)12-6-13-11(9)15-2/h3-7,14H,1-2H3. The zero-order chi connectivity index (χ0) is 10.8. The number of methoxy groups -OCH3 is 1. The molecule has 0 aliphatic heterocycles. The number of aromatic nitrogens is 2. The van der Waals surface area contributed by atoms with E-state index < -0.39 is 6.10 Å². The maximum atomic E-state index is 9.58. The van der Waals surface area contributed by atoms with Crippen LogP contribution in [-0.2, 0) is 0 Å². The molecule has 1 aromatic heterocycles. The summed E-state index contributed by atoms with van der Waals surface area (Å²) < 4.78 is 5.13. The Labute approximate surface area is 87.6 Å². The third kappa shape index (κ3) is 1.64. The van der Waals surface area contributed by atoms with E-state index in [-0.39, 0.29) is 0 Å². The first-order valence-electron chi connectivity index (χ1n) is 4.69. The molecule has 1 N–H and O–H groups in total. The van der Waals surface area contributed by atoms with Crippen molar-refractivity contribution in [2.45, 2.75) is 13.0 Å². The van der Waals surface area contributed by atoms with Crippen LogP contribution in [0, 0.1) is 0 Å². The average molecular weight is 204 g/mol. The first kappa shape index (κ1) is 9.86. The minimum absolute atomic E-state index is 0.530. The number of nitrogens with zero attached hydrogens (tertiary/aromatic N) is 2. The normalized spacial score (nSPS) is 12.7. The van der Waals surface area contributed by atoms with Crippen LogP contribution < -0.4 is 4.74 Å². The maximum absolute atomic E-state index is 9.58. The fourth-order valence-electron chi connectivity index (χ4n) is 1.59. The van der Waals surface area contributed by atoms with Gasteiger partial charge in [0, 0.05) is 5.56 Å². The molecule has 0 bridgehead atoms. The Morgan fingerprint density at radius 3 is 2.80 bits per heavy atom. The molecule has 1 unspecified atom stereocenters. The average Bonchev–Trinajstić information content (AvgIpc) is 2.27. The van der Waals surface area contributed by atoms with Crippen molar-refractivity contribution >= 4 is 10.9 Å². The summed E-state index contributed by atoms with van der Waals surface area (Å²) in [4.78, 5) is 8.17. The van der Waals surface area contributed by atoms with Crippen LogP contribution in [0.15, 0.2) is 24.5 Å². The van der Waals surface area contributed by atoms with Gasteiger partial charge in [-0.1, -0.05) is 12.1 Å². The zero-order valence-electron chi connectivity index (χ0n) is 8.64. The highest BCUT2D eigenvalue weighted by atomic mass is 16.5. The van der Waals surface area contributed by atoms with Gasteiger partial charge in [-0.2, -0.15) is 0 Å². The van der Waals surface area contributed by atoms with Crippen LogP contribution in [-0.4, -0.2) is 22.2 Å². The predicted molar refractivity (Wildman–Crippen MR) is 56.7 cm³/mol. The van der Waals surface area contributed by atoms with E-state index in [1.165, 1.54) is 6.33 Å². The van der Waals surface area contributed by atoms with Crippen LogP contribution >= 0.6 is 0 Å². The van der Waals surface area contributed by atoms with Crippen molar-refractivity contribution in [2.75, 3.05) is 7.11 Å². The first-order chi connectivity index (χ1) is 7.24. The molecule has 4 heteroatoms. The lowest BCUT2D eigenvalue weighted by Crippen LogP contribution is -1.97. The van der Waals surface area contributed by atoms with Crippen molar-refractivity contribution in [3.05, 3.63) is 30.1 Å². The van der Waals surface area contributed by atoms with E-state index in [0.29, 0.717) is 5.88 Å². The zero-order valence-corrected chi connectivity index (χ0v) is 8.64. The summed E-state index contributed by atoms with van der Waals surface area (Å²) in [5.74, 6) is 0.530. The Morgan fingerprint density at radius 1 is 1.33 bits per heavy atom. The summed E-state index contributed by atoms with van der Waals surface area (Å²) in [7, 11) is 1.57. The second-order valence-corrected chi connectivity index (χ2v) is 3.30. The molecule has 0 radical (unpaired) electrons. The van der Waals surface area contributed by atoms with Crippen molar-refractivity contribution in [3.63, 3.8) is 0 Å². The lowest BCUT2D eigenvalue weighted by molar-refractivity contribution is 0.200. The quantitative estimate of drug-likeness (QED) is 0.808. The minimum atomic E-state index is -0.548. The number of hydrogen-bond donors (Lipinski definition) is 1. The van der Waals surface area contributed by atoms with Gasteiger partial charge in [-0.3, -0.25) is 0 Å². The van der Waals surface area contributed by atoms with Crippen LogP contribution in [0.5, 0.6) is 5.88 Å². The molecule has 0 saturated heterocycles. The summed E-state index contributed by atoms with van der Waals surface area (Å²) in [6.45, 7) is 1.71. The number of hydrogen-bond acceptors (Lipinski definition) is 4. The van der Waals surface area contributed by atoms with E-state index in [1.54, 1.807) is 14.0 Å². The maximum Gasteiger partial charge on any atom is 0.224 e. The van der Waals surface area contributed by atoms with E-state index in [4.69, 9.17) is 4.74 Å². The van der Waals surface area contributed by atoms with E-state index >= 15 is 0 Å². The highest BCUT2D eigenvalue weighted by Gasteiger charge is 2.10. The molecular formula is C11H12N2O2. The number of fused-ring (bicyclic) bond motifs is 1. The summed E-state index contributed by atoms with van der Waals surface area (Å²) in [5.41, 5.74) is 1.52. The van der Waals surface area contributed by atoms with Gasteiger partial charge >= 0.3 is 0 Å². The third-order valence-electron chi connectivity index (χ3n) is 2.30. The molecule has 0 spiro atoms. The molecule has 1 heterocycles. The Kier molecular flexibility index (Phi) is 2.51. The number of benzene rings is 1. The molecule has 15 heavy (non-hydrogen) atoms. The molecule has 0 fully saturated rings. The summed E-state index contributed by atoms with van der Waals surface area (Å²) in [6.07, 6.45) is 0.890. The summed E-state index contributed by atoms with van der Waals surface area (Å²) >= 11 is 0. The van der Waals surface area contributed by atoms with Gasteiger partial charge in [-0.05, 0) is 13.0 Å². The largest absolute Gasteiger partial charge is 0.480 e. The molecule has 1 atom stereocenters. The minimum Gasteiger partial charge on any atom is -0.480 e. The Morgan fingerprint density at radius 2 is 2.13 bits per heavy atom. The lowest BCUT2D eigenvalue weighted by atomic mass is 10.1. The van der Waals surface area contributed by atoms with Crippen LogP contribution in [0.2, 0.25) is 0 Å². The number of para-hydroxylation sites is 1. The molecular weight excluding hydrogens is 192 g/mol. The highest BCUT2D eigenvalue weighted by molar-refractivity contribution is 5.86. The molecule has 0 saturated carbocycles. The van der Waals surface area contributed by atoms with Crippen LogP contribution in [0.4, 0.5) is 0 Å². The third-order valence-corrected chi connectivity index (χ3v) is 2.30. The summed E-state index contributed by atoms with van der Waals surface area (Å²) in [5, 5.41) is 10.4. The number of rotatable bonds is 2. The molecule has 0 amide bonds. The molecule has 1 aromatic carbocycles. The molecule has 0 aliphatic carbocycles. The van der Waals surface area contributed by atoms with Crippen molar-refractivity contribution < 1.29 is 9.84 Å². The smallest absolute Gasteiger partial charge is 0.224 e. The van der Waals surface area contributed by atoms with Gasteiger partial charge in [0.15, 0.2) is 0 Å². The van der Waals surface area contributed by atoms with Crippen molar-refractivity contribution in [2.24, 2.45) is 0 Å². The molecule has 78 valence electrons. The fraction of sp³-hybridized carbons (Fsp3) is 0.273. The fourth-order valence-corrected chi connectivity index (χ4v) is 1.59. The highest BCUT2D eigenvalue weighted by Crippen LogP contribution is 2.26. The second kappa shape index (κ2) is 3.82. The molecule has 2 rings (SSSR count). The van der Waals surface area contributed by atoms with Gasteiger partial charge in [0.05, 0.1) is 24.1 Å². The Bertz CT molecular complexity index is 483. The van der Waals surface area contributed by atoms with Crippen molar-refractivity contribution in [3.8, 4) is 5.88 Å². The first-order valence-corrected chi connectivity index (χ1v) is 4.69. The number of aliphatic hydroxyl groups excluding tert-OH is 1. The van der Waals surface area contributed by atoms with Crippen LogP contribution in [0.3, 0.4) is 0 Å². The Balaban J connectivity index is 2.76. The topological polar surface area (TPSA) is 55.2 Å². The van der Waals surface area contributed by atoms with Gasteiger partial charge in [0.1, 0.15) is 6.33 Å². The van der Waals surface area contributed by atoms with Gasteiger partial charge in [-0.15, -0.1) is 0 Å². The van der Waals surface area contributed by atoms with Crippen molar-refractivity contribution in [1.29, 1.82) is 0 Å². The van der Waals surface area contributed by atoms with Crippen LogP contribution in [0.1, 0.15) is 18.6 Å². The monoisotopic (exact) mass is 204 g/mol. The van der Waals surface area contributed by atoms with E-state index in [0.717, 1.165) is 16.5 Å². The van der Waals surface area contributed by atoms with Gasteiger partial charge in [-0.25, -0.2) is 9.97 Å². The van der Waals surface area contributed by atoms with Crippen LogP contribution in [0.25, 0.3) is 10.9 Å². The molecule has 0 aliphatic rings. The molecule has 4 nitrogen and oxygen atoms in total. The SMILES string of the molecule is COc1ncnc2c(C(C)O)cccc12. The van der Waals surface area contributed by atoms with E-state index in [1.807, 2.05) is 18.2 Å².